The zero-order chi connectivity index (χ0) is 16.8. The van der Waals surface area contributed by atoms with Crippen LogP contribution < -0.4 is 5.73 Å². The molecule has 0 aliphatic rings. The fourth-order valence-electron chi connectivity index (χ4n) is 1.93. The summed E-state index contributed by atoms with van der Waals surface area (Å²) in [4.78, 5) is 22.0. The number of rotatable bonds is 5. The molecule has 23 heavy (non-hydrogen) atoms. The van der Waals surface area contributed by atoms with Crippen LogP contribution in [-0.2, 0) is 4.79 Å². The van der Waals surface area contributed by atoms with E-state index in [-0.39, 0.29) is 29.1 Å². The van der Waals surface area contributed by atoms with Crippen molar-refractivity contribution in [3.8, 4) is 6.07 Å². The van der Waals surface area contributed by atoms with Gasteiger partial charge in [0.15, 0.2) is 5.16 Å². The first-order valence-electron chi connectivity index (χ1n) is 6.99. The third kappa shape index (κ3) is 4.20. The zero-order valence-electron chi connectivity index (χ0n) is 12.9. The van der Waals surface area contributed by atoms with Crippen LogP contribution in [0.2, 0.25) is 0 Å². The van der Waals surface area contributed by atoms with Gasteiger partial charge in [0.2, 0.25) is 5.91 Å². The minimum Gasteiger partial charge on any atom is -0.382 e. The third-order valence-electron chi connectivity index (χ3n) is 3.50. The highest BCUT2D eigenvalue weighted by Crippen LogP contribution is 2.21. The van der Waals surface area contributed by atoms with Gasteiger partial charge in [-0.15, -0.1) is 0 Å². The maximum Gasteiger partial charge on any atom is 0.233 e. The van der Waals surface area contributed by atoms with E-state index in [4.69, 9.17) is 11.0 Å². The molecule has 0 radical (unpaired) electrons. The summed E-state index contributed by atoms with van der Waals surface area (Å²) in [5.74, 6) is 0.306. The molecule has 1 aromatic heterocycles. The van der Waals surface area contributed by atoms with Crippen LogP contribution in [0.4, 0.5) is 5.82 Å². The molecule has 1 heterocycles. The molecule has 1 aromatic carbocycles. The highest BCUT2D eigenvalue weighted by molar-refractivity contribution is 7.99. The van der Waals surface area contributed by atoms with Crippen LogP contribution in [0, 0.1) is 11.3 Å². The Hall–Kier alpha value is -2.59. The molecule has 0 fully saturated rings. The number of nitrogen functional groups attached to an aromatic ring is 1. The summed E-state index contributed by atoms with van der Waals surface area (Å²) in [5.41, 5.74) is 6.95. The molecular weight excluding hydrogens is 310 g/mol. The van der Waals surface area contributed by atoms with E-state index in [1.54, 1.807) is 11.9 Å². The number of nitrogens with zero attached hydrogens (tertiary/aromatic N) is 4. The average Bonchev–Trinajstić information content (AvgIpc) is 2.59. The molecule has 1 amide bonds. The summed E-state index contributed by atoms with van der Waals surface area (Å²) < 4.78 is 0. The lowest BCUT2D eigenvalue weighted by molar-refractivity contribution is -0.128. The second kappa shape index (κ2) is 7.61. The van der Waals surface area contributed by atoms with E-state index in [2.05, 4.69) is 9.97 Å². The maximum absolute atomic E-state index is 12.3. The van der Waals surface area contributed by atoms with Gasteiger partial charge in [0, 0.05) is 7.05 Å². The minimum absolute atomic E-state index is 0.0174. The Morgan fingerprint density at radius 3 is 2.74 bits per heavy atom. The van der Waals surface area contributed by atoms with Crippen molar-refractivity contribution in [1.82, 2.24) is 14.9 Å². The van der Waals surface area contributed by atoms with Crippen molar-refractivity contribution in [2.24, 2.45) is 0 Å². The van der Waals surface area contributed by atoms with Gasteiger partial charge >= 0.3 is 0 Å². The molecule has 2 rings (SSSR count). The number of thioether (sulfide) groups is 1. The largest absolute Gasteiger partial charge is 0.382 e. The summed E-state index contributed by atoms with van der Waals surface area (Å²) in [7, 11) is 1.77. The van der Waals surface area contributed by atoms with E-state index in [0.717, 1.165) is 5.56 Å². The topological polar surface area (TPSA) is 95.9 Å². The molecular formula is C16H17N5OS. The number of hydrogen-bond acceptors (Lipinski definition) is 6. The van der Waals surface area contributed by atoms with Crippen LogP contribution in [0.25, 0.3) is 0 Å². The van der Waals surface area contributed by atoms with Gasteiger partial charge in [-0.2, -0.15) is 5.26 Å². The Morgan fingerprint density at radius 1 is 1.43 bits per heavy atom. The van der Waals surface area contributed by atoms with E-state index < -0.39 is 0 Å². The van der Waals surface area contributed by atoms with Gasteiger partial charge in [-0.1, -0.05) is 42.1 Å². The molecule has 7 heteroatoms. The lowest BCUT2D eigenvalue weighted by Crippen LogP contribution is -2.31. The van der Waals surface area contributed by atoms with Gasteiger partial charge in [0.1, 0.15) is 17.5 Å². The second-order valence-corrected chi connectivity index (χ2v) is 5.89. The van der Waals surface area contributed by atoms with E-state index >= 15 is 0 Å². The van der Waals surface area contributed by atoms with Crippen molar-refractivity contribution in [2.75, 3.05) is 18.5 Å². The van der Waals surface area contributed by atoms with Crippen molar-refractivity contribution in [3.63, 3.8) is 0 Å². The molecule has 0 aliphatic carbocycles. The Balaban J connectivity index is 1.96. The van der Waals surface area contributed by atoms with Crippen LogP contribution in [0.3, 0.4) is 0 Å². The smallest absolute Gasteiger partial charge is 0.233 e. The Morgan fingerprint density at radius 2 is 2.13 bits per heavy atom. The van der Waals surface area contributed by atoms with E-state index in [1.807, 2.05) is 43.3 Å². The molecule has 0 spiro atoms. The highest BCUT2D eigenvalue weighted by Gasteiger charge is 2.18. The first kappa shape index (κ1) is 16.8. The summed E-state index contributed by atoms with van der Waals surface area (Å²) in [6.07, 6.45) is 1.37. The molecule has 0 aliphatic heterocycles. The second-order valence-electron chi connectivity index (χ2n) is 4.94. The number of nitrogens with two attached hydrogens (primary N) is 1. The molecule has 6 nitrogen and oxygen atoms in total. The van der Waals surface area contributed by atoms with Crippen molar-refractivity contribution < 1.29 is 4.79 Å². The molecule has 0 saturated carbocycles. The number of carbonyl (C=O) groups excluding carboxylic acids is 1. The highest BCUT2D eigenvalue weighted by atomic mass is 32.2. The standard InChI is InChI=1S/C16H17N5OS/c1-11(12-6-4-3-5-7-12)21(2)14(22)10-23-16-19-9-13(8-17)15(18)20-16/h3-7,9,11H,10H2,1-2H3,(H2,18,19,20)/t11-/m0/s1. The number of nitriles is 1. The quantitative estimate of drug-likeness (QED) is 0.668. The Bertz CT molecular complexity index is 729. The van der Waals surface area contributed by atoms with Gasteiger partial charge in [0.05, 0.1) is 18.0 Å². The normalized spacial score (nSPS) is 11.5. The van der Waals surface area contributed by atoms with Gasteiger partial charge in [-0.3, -0.25) is 4.79 Å². The average molecular weight is 327 g/mol. The van der Waals surface area contributed by atoms with Crippen LogP contribution in [-0.4, -0.2) is 33.6 Å². The summed E-state index contributed by atoms with van der Waals surface area (Å²) in [6, 6.07) is 11.7. The lowest BCUT2D eigenvalue weighted by atomic mass is 10.1. The van der Waals surface area contributed by atoms with Gasteiger partial charge in [0.25, 0.3) is 0 Å². The van der Waals surface area contributed by atoms with E-state index in [1.165, 1.54) is 18.0 Å². The maximum atomic E-state index is 12.3. The fraction of sp³-hybridized carbons (Fsp3) is 0.250. The Labute approximate surface area is 139 Å². The summed E-state index contributed by atoms with van der Waals surface area (Å²) >= 11 is 1.20. The third-order valence-corrected chi connectivity index (χ3v) is 4.34. The molecule has 2 N–H and O–H groups in total. The van der Waals surface area contributed by atoms with Crippen LogP contribution >= 0.6 is 11.8 Å². The minimum atomic E-state index is -0.0297. The van der Waals surface area contributed by atoms with Crippen molar-refractivity contribution in [2.45, 2.75) is 18.1 Å². The van der Waals surface area contributed by atoms with Crippen molar-refractivity contribution >= 4 is 23.5 Å². The molecule has 0 saturated heterocycles. The van der Waals surface area contributed by atoms with Crippen LogP contribution in [0.15, 0.2) is 41.7 Å². The lowest BCUT2D eigenvalue weighted by Gasteiger charge is -2.25. The first-order valence-corrected chi connectivity index (χ1v) is 7.97. The number of anilines is 1. The van der Waals surface area contributed by atoms with Gasteiger partial charge in [-0.05, 0) is 12.5 Å². The SMILES string of the molecule is C[C@@H](c1ccccc1)N(C)C(=O)CSc1ncc(C#N)c(N)n1. The van der Waals surface area contributed by atoms with Gasteiger partial charge < -0.3 is 10.6 Å². The zero-order valence-corrected chi connectivity index (χ0v) is 13.7. The molecule has 2 aromatic rings. The number of benzene rings is 1. The Kier molecular flexibility index (Phi) is 5.55. The van der Waals surface area contributed by atoms with Gasteiger partial charge in [-0.25, -0.2) is 9.97 Å². The van der Waals surface area contributed by atoms with E-state index in [0.29, 0.717) is 5.16 Å². The van der Waals surface area contributed by atoms with Crippen LogP contribution in [0.5, 0.6) is 0 Å². The number of aromatic nitrogens is 2. The predicted octanol–water partition coefficient (Wildman–Crippen LogP) is 2.24. The molecule has 118 valence electrons. The van der Waals surface area contributed by atoms with Crippen LogP contribution in [0.1, 0.15) is 24.1 Å². The molecule has 1 atom stereocenters. The first-order chi connectivity index (χ1) is 11.0. The fourth-order valence-corrected chi connectivity index (χ4v) is 2.68. The number of carbonyl (C=O) groups is 1. The monoisotopic (exact) mass is 327 g/mol. The molecule has 0 bridgehead atoms. The molecule has 0 unspecified atom stereocenters. The summed E-state index contributed by atoms with van der Waals surface area (Å²) in [6.45, 7) is 1.98. The van der Waals surface area contributed by atoms with E-state index in [9.17, 15) is 4.79 Å². The van der Waals surface area contributed by atoms with Crippen molar-refractivity contribution in [1.29, 1.82) is 5.26 Å². The predicted molar refractivity (Wildman–Crippen MR) is 89.5 cm³/mol. The number of hydrogen-bond donors (Lipinski definition) is 1. The number of amides is 1. The summed E-state index contributed by atoms with van der Waals surface area (Å²) in [5, 5.41) is 9.18. The van der Waals surface area contributed by atoms with Crippen molar-refractivity contribution in [3.05, 3.63) is 47.7 Å².